The van der Waals surface area contributed by atoms with Gasteiger partial charge < -0.3 is 10.6 Å². The van der Waals surface area contributed by atoms with E-state index >= 15 is 0 Å². The summed E-state index contributed by atoms with van der Waals surface area (Å²) in [5.41, 5.74) is 3.70. The second-order valence-corrected chi connectivity index (χ2v) is 7.30. The van der Waals surface area contributed by atoms with Gasteiger partial charge in [-0.1, -0.05) is 17.8 Å². The summed E-state index contributed by atoms with van der Waals surface area (Å²) < 4.78 is 0. The molecular formula is C18H20N2S2. The van der Waals surface area contributed by atoms with Crippen molar-refractivity contribution in [1.29, 1.82) is 0 Å². The van der Waals surface area contributed by atoms with Gasteiger partial charge in [0.15, 0.2) is 5.11 Å². The number of anilines is 1. The molecule has 0 spiro atoms. The summed E-state index contributed by atoms with van der Waals surface area (Å²) in [6, 6.07) is 15.6. The van der Waals surface area contributed by atoms with Crippen LogP contribution in [-0.2, 0) is 0 Å². The van der Waals surface area contributed by atoms with Gasteiger partial charge in [0.1, 0.15) is 0 Å². The molecule has 0 saturated heterocycles. The first-order chi connectivity index (χ1) is 10.6. The first-order valence-corrected chi connectivity index (χ1v) is 8.75. The molecule has 0 bridgehead atoms. The van der Waals surface area contributed by atoms with Gasteiger partial charge >= 0.3 is 0 Å². The molecule has 2 N–H and O–H groups in total. The second-order valence-electron chi connectivity index (χ2n) is 5.75. The van der Waals surface area contributed by atoms with Gasteiger partial charge in [-0.2, -0.15) is 0 Å². The molecule has 1 fully saturated rings. The highest BCUT2D eigenvalue weighted by Gasteiger charge is 2.21. The molecule has 0 aromatic heterocycles. The van der Waals surface area contributed by atoms with E-state index in [-0.39, 0.29) is 0 Å². The van der Waals surface area contributed by atoms with Crippen molar-refractivity contribution in [2.45, 2.75) is 42.5 Å². The summed E-state index contributed by atoms with van der Waals surface area (Å²) in [5.74, 6) is 0. The van der Waals surface area contributed by atoms with Crippen molar-refractivity contribution < 1.29 is 0 Å². The summed E-state index contributed by atoms with van der Waals surface area (Å²) in [7, 11) is 0. The first-order valence-electron chi connectivity index (χ1n) is 7.53. The average Bonchev–Trinajstić information content (AvgIpc) is 3.29. The number of aryl methyl sites for hydroxylation is 2. The summed E-state index contributed by atoms with van der Waals surface area (Å²) in [6.45, 7) is 4.29. The van der Waals surface area contributed by atoms with Crippen LogP contribution in [0, 0.1) is 13.8 Å². The van der Waals surface area contributed by atoms with Crippen LogP contribution in [0.1, 0.15) is 24.0 Å². The Morgan fingerprint density at radius 2 is 1.68 bits per heavy atom. The number of hydrogen-bond donors (Lipinski definition) is 2. The van der Waals surface area contributed by atoms with Crippen LogP contribution in [0.25, 0.3) is 0 Å². The van der Waals surface area contributed by atoms with E-state index in [1.807, 2.05) is 0 Å². The first kappa shape index (κ1) is 15.4. The van der Waals surface area contributed by atoms with Crippen LogP contribution in [-0.4, -0.2) is 11.2 Å². The molecule has 2 aromatic rings. The van der Waals surface area contributed by atoms with E-state index in [4.69, 9.17) is 12.2 Å². The maximum Gasteiger partial charge on any atom is 0.170 e. The molecule has 1 aliphatic carbocycles. The number of rotatable bonds is 4. The Morgan fingerprint density at radius 3 is 2.32 bits per heavy atom. The molecule has 0 unspecified atom stereocenters. The predicted molar refractivity (Wildman–Crippen MR) is 98.9 cm³/mol. The van der Waals surface area contributed by atoms with Crippen molar-refractivity contribution in [2.75, 3.05) is 5.32 Å². The number of hydrogen-bond acceptors (Lipinski definition) is 2. The maximum atomic E-state index is 5.29. The Bertz CT molecular complexity index is 676. The van der Waals surface area contributed by atoms with Gasteiger partial charge in [-0.05, 0) is 86.4 Å². The lowest BCUT2D eigenvalue weighted by molar-refractivity contribution is 0.919. The summed E-state index contributed by atoms with van der Waals surface area (Å²) in [4.78, 5) is 2.50. The van der Waals surface area contributed by atoms with Crippen LogP contribution in [0.4, 0.5) is 5.69 Å². The highest BCUT2D eigenvalue weighted by atomic mass is 32.2. The fourth-order valence-corrected chi connectivity index (χ4v) is 3.30. The standard InChI is InChI=1S/C18H20N2S2/c1-12-3-8-17(11-13(12)2)22-16-9-6-15(7-10-16)20-18(21)19-14-4-5-14/h3,6-11,14H,4-5H2,1-2H3,(H2,19,20,21). The van der Waals surface area contributed by atoms with Gasteiger partial charge in [0.2, 0.25) is 0 Å². The fourth-order valence-electron chi connectivity index (χ4n) is 2.10. The van der Waals surface area contributed by atoms with E-state index in [0.717, 1.165) is 10.8 Å². The third-order valence-corrected chi connectivity index (χ3v) is 4.96. The molecule has 2 nitrogen and oxygen atoms in total. The third kappa shape index (κ3) is 4.24. The Balaban J connectivity index is 1.60. The number of nitrogens with one attached hydrogen (secondary N) is 2. The molecule has 0 amide bonds. The number of benzene rings is 2. The molecule has 114 valence electrons. The van der Waals surface area contributed by atoms with Gasteiger partial charge in [-0.3, -0.25) is 0 Å². The SMILES string of the molecule is Cc1ccc(Sc2ccc(NC(=S)NC3CC3)cc2)cc1C. The van der Waals surface area contributed by atoms with Crippen LogP contribution in [0.3, 0.4) is 0 Å². The van der Waals surface area contributed by atoms with E-state index in [2.05, 4.69) is 66.9 Å². The summed E-state index contributed by atoms with van der Waals surface area (Å²) >= 11 is 7.07. The van der Waals surface area contributed by atoms with Gasteiger partial charge in [0, 0.05) is 21.5 Å². The van der Waals surface area contributed by atoms with Crippen LogP contribution in [0.2, 0.25) is 0 Å². The largest absolute Gasteiger partial charge is 0.360 e. The maximum absolute atomic E-state index is 5.29. The average molecular weight is 329 g/mol. The molecule has 4 heteroatoms. The minimum absolute atomic E-state index is 0.583. The molecule has 0 atom stereocenters. The lowest BCUT2D eigenvalue weighted by atomic mass is 10.1. The zero-order chi connectivity index (χ0) is 15.5. The predicted octanol–water partition coefficient (Wildman–Crippen LogP) is 4.90. The smallest absolute Gasteiger partial charge is 0.170 e. The number of thiocarbonyl (C=S) groups is 1. The molecule has 0 aliphatic heterocycles. The fraction of sp³-hybridized carbons (Fsp3) is 0.278. The third-order valence-electron chi connectivity index (χ3n) is 3.74. The second kappa shape index (κ2) is 6.71. The van der Waals surface area contributed by atoms with Crippen molar-refractivity contribution in [2.24, 2.45) is 0 Å². The van der Waals surface area contributed by atoms with E-state index in [1.165, 1.54) is 33.8 Å². The van der Waals surface area contributed by atoms with Crippen molar-refractivity contribution in [3.05, 3.63) is 53.6 Å². The molecule has 3 rings (SSSR count). The van der Waals surface area contributed by atoms with Gasteiger partial charge in [0.05, 0.1) is 0 Å². The highest BCUT2D eigenvalue weighted by Crippen LogP contribution is 2.29. The summed E-state index contributed by atoms with van der Waals surface area (Å²) in [6.07, 6.45) is 2.46. The summed E-state index contributed by atoms with van der Waals surface area (Å²) in [5, 5.41) is 7.23. The van der Waals surface area contributed by atoms with Crippen LogP contribution in [0.5, 0.6) is 0 Å². The Kier molecular flexibility index (Phi) is 4.69. The van der Waals surface area contributed by atoms with E-state index in [1.54, 1.807) is 11.8 Å². The Morgan fingerprint density at radius 1 is 1.00 bits per heavy atom. The Hall–Kier alpha value is -1.52. The van der Waals surface area contributed by atoms with Gasteiger partial charge in [0.25, 0.3) is 0 Å². The zero-order valence-corrected chi connectivity index (χ0v) is 14.5. The van der Waals surface area contributed by atoms with Crippen LogP contribution in [0.15, 0.2) is 52.3 Å². The monoisotopic (exact) mass is 328 g/mol. The quantitative estimate of drug-likeness (QED) is 0.779. The van der Waals surface area contributed by atoms with E-state index < -0.39 is 0 Å². The van der Waals surface area contributed by atoms with Crippen molar-refractivity contribution in [3.63, 3.8) is 0 Å². The van der Waals surface area contributed by atoms with Crippen molar-refractivity contribution in [1.82, 2.24) is 5.32 Å². The van der Waals surface area contributed by atoms with E-state index in [0.29, 0.717) is 6.04 Å². The van der Waals surface area contributed by atoms with Gasteiger partial charge in [-0.25, -0.2) is 0 Å². The highest BCUT2D eigenvalue weighted by molar-refractivity contribution is 7.99. The molecule has 22 heavy (non-hydrogen) atoms. The zero-order valence-electron chi connectivity index (χ0n) is 12.8. The molecule has 1 aliphatic rings. The van der Waals surface area contributed by atoms with Crippen molar-refractivity contribution >= 4 is 34.8 Å². The van der Waals surface area contributed by atoms with Crippen molar-refractivity contribution in [3.8, 4) is 0 Å². The van der Waals surface area contributed by atoms with Crippen LogP contribution < -0.4 is 10.6 Å². The molecular weight excluding hydrogens is 308 g/mol. The molecule has 1 saturated carbocycles. The van der Waals surface area contributed by atoms with E-state index in [9.17, 15) is 0 Å². The molecule has 0 heterocycles. The van der Waals surface area contributed by atoms with Crippen LogP contribution >= 0.6 is 24.0 Å². The lowest BCUT2D eigenvalue weighted by Gasteiger charge is -2.10. The minimum atomic E-state index is 0.583. The molecule has 0 radical (unpaired) electrons. The Labute approximate surface area is 141 Å². The molecule has 2 aromatic carbocycles. The normalized spacial score (nSPS) is 13.7. The minimum Gasteiger partial charge on any atom is -0.360 e. The topological polar surface area (TPSA) is 24.1 Å². The van der Waals surface area contributed by atoms with Gasteiger partial charge in [-0.15, -0.1) is 0 Å². The lowest BCUT2D eigenvalue weighted by Crippen LogP contribution is -2.30.